The van der Waals surface area contributed by atoms with E-state index in [1.165, 1.54) is 32.6 Å². The zero-order valence-corrected chi connectivity index (χ0v) is 31.7. The van der Waals surface area contributed by atoms with Crippen LogP contribution in [0.3, 0.4) is 0 Å². The summed E-state index contributed by atoms with van der Waals surface area (Å²) in [6, 6.07) is 82.9. The van der Waals surface area contributed by atoms with Crippen molar-refractivity contribution in [2.45, 2.75) is 0 Å². The van der Waals surface area contributed by atoms with E-state index in [-0.39, 0.29) is 0 Å². The summed E-state index contributed by atoms with van der Waals surface area (Å²) in [6.45, 7) is 0. The summed E-state index contributed by atoms with van der Waals surface area (Å²) >= 11 is 0. The molecule has 0 amide bonds. The van der Waals surface area contributed by atoms with Crippen molar-refractivity contribution >= 4 is 77.7 Å². The standard InChI is InChI=1S/C54H38N4/c1-5-19-39(20-6-1)55(40-21-7-2-8-22-40)43-33-34-54-50(38-43)49-29-15-18-32-53(49)58(54)46-36-44(56(41-23-9-3-10-24-41)42-25-11-4-12-26-42)35-45(37-46)57-51-30-16-13-27-47(51)48-28-14-17-31-52(48)57/h1-38H. The SMILES string of the molecule is c1ccc(N(c2ccccc2)c2cc(-n3c4ccccc4c4ccccc43)cc(-n3c4ccccc4c4cc(N(c5ccccc5)c5ccccc5)ccc43)c2)cc1. The maximum absolute atomic E-state index is 2.44. The van der Waals surface area contributed by atoms with Gasteiger partial charge in [0.05, 0.1) is 39.1 Å². The van der Waals surface area contributed by atoms with Crippen LogP contribution in [0.25, 0.3) is 55.0 Å². The second-order valence-electron chi connectivity index (χ2n) is 14.6. The van der Waals surface area contributed by atoms with Gasteiger partial charge in [0.2, 0.25) is 0 Å². The molecule has 0 N–H and O–H groups in total. The normalized spacial score (nSPS) is 11.4. The van der Waals surface area contributed by atoms with Crippen LogP contribution in [0, 0.1) is 0 Å². The first-order chi connectivity index (χ1) is 28.8. The Morgan fingerprint density at radius 1 is 0.224 bits per heavy atom. The lowest BCUT2D eigenvalue weighted by atomic mass is 10.1. The van der Waals surface area contributed by atoms with E-state index in [1.54, 1.807) is 0 Å². The van der Waals surface area contributed by atoms with Crippen LogP contribution in [0.15, 0.2) is 231 Å². The van der Waals surface area contributed by atoms with Crippen molar-refractivity contribution < 1.29 is 0 Å². The number of anilines is 6. The van der Waals surface area contributed by atoms with Gasteiger partial charge < -0.3 is 18.9 Å². The minimum absolute atomic E-state index is 1.06. The fourth-order valence-corrected chi connectivity index (χ4v) is 8.75. The minimum Gasteiger partial charge on any atom is -0.310 e. The molecule has 0 bridgehead atoms. The maximum atomic E-state index is 2.44. The highest BCUT2D eigenvalue weighted by Gasteiger charge is 2.21. The number of hydrogen-bond acceptors (Lipinski definition) is 2. The highest BCUT2D eigenvalue weighted by Crippen LogP contribution is 2.43. The topological polar surface area (TPSA) is 16.3 Å². The Morgan fingerprint density at radius 2 is 0.552 bits per heavy atom. The van der Waals surface area contributed by atoms with Crippen LogP contribution >= 0.6 is 0 Å². The molecule has 4 heteroatoms. The molecule has 0 aliphatic heterocycles. The van der Waals surface area contributed by atoms with Crippen LogP contribution < -0.4 is 9.80 Å². The van der Waals surface area contributed by atoms with E-state index in [0.29, 0.717) is 0 Å². The molecule has 0 aliphatic rings. The molecule has 0 saturated carbocycles. The summed E-state index contributed by atoms with van der Waals surface area (Å²) in [5, 5.41) is 4.86. The van der Waals surface area contributed by atoms with Crippen LogP contribution in [0.1, 0.15) is 0 Å². The molecule has 9 aromatic carbocycles. The number of aromatic nitrogens is 2. The molecule has 4 nitrogen and oxygen atoms in total. The van der Waals surface area contributed by atoms with Gasteiger partial charge in [0, 0.05) is 50.0 Å². The van der Waals surface area contributed by atoms with Gasteiger partial charge in [0.15, 0.2) is 0 Å². The van der Waals surface area contributed by atoms with Gasteiger partial charge in [-0.3, -0.25) is 0 Å². The van der Waals surface area contributed by atoms with Crippen molar-refractivity contribution in [1.82, 2.24) is 9.13 Å². The molecule has 2 heterocycles. The third-order valence-electron chi connectivity index (χ3n) is 11.2. The third-order valence-corrected chi connectivity index (χ3v) is 11.2. The van der Waals surface area contributed by atoms with Gasteiger partial charge in [0.25, 0.3) is 0 Å². The van der Waals surface area contributed by atoms with Crippen molar-refractivity contribution in [2.75, 3.05) is 9.80 Å². The zero-order valence-electron chi connectivity index (χ0n) is 31.7. The van der Waals surface area contributed by atoms with Crippen LogP contribution in [0.4, 0.5) is 34.1 Å². The fraction of sp³-hybridized carbons (Fsp3) is 0. The molecule has 58 heavy (non-hydrogen) atoms. The molecule has 0 fully saturated rings. The number of benzene rings is 9. The Hall–Kier alpha value is -7.82. The van der Waals surface area contributed by atoms with Gasteiger partial charge in [-0.1, -0.05) is 127 Å². The number of fused-ring (bicyclic) bond motifs is 6. The van der Waals surface area contributed by atoms with Gasteiger partial charge in [0.1, 0.15) is 0 Å². The van der Waals surface area contributed by atoms with Gasteiger partial charge in [-0.05, 0) is 103 Å². The summed E-state index contributed by atoms with van der Waals surface area (Å²) in [5.74, 6) is 0. The number of hydrogen-bond donors (Lipinski definition) is 0. The first-order valence-electron chi connectivity index (χ1n) is 19.8. The maximum Gasteiger partial charge on any atom is 0.0542 e. The van der Waals surface area contributed by atoms with E-state index in [4.69, 9.17) is 0 Å². The first-order valence-corrected chi connectivity index (χ1v) is 19.8. The molecule has 274 valence electrons. The molecule has 0 unspecified atom stereocenters. The van der Waals surface area contributed by atoms with Crippen LogP contribution in [0.5, 0.6) is 0 Å². The monoisotopic (exact) mass is 742 g/mol. The Labute approximate surface area is 337 Å². The Balaban J connectivity index is 1.20. The molecule has 0 aliphatic carbocycles. The average Bonchev–Trinajstić information content (AvgIpc) is 3.81. The van der Waals surface area contributed by atoms with Crippen molar-refractivity contribution in [3.05, 3.63) is 231 Å². The lowest BCUT2D eigenvalue weighted by Gasteiger charge is -2.27. The lowest BCUT2D eigenvalue weighted by Crippen LogP contribution is -2.11. The Morgan fingerprint density at radius 3 is 0.966 bits per heavy atom. The summed E-state index contributed by atoms with van der Waals surface area (Å²) < 4.78 is 4.87. The summed E-state index contributed by atoms with van der Waals surface area (Å²) in [4.78, 5) is 4.70. The summed E-state index contributed by atoms with van der Waals surface area (Å²) in [5.41, 5.74) is 13.4. The van der Waals surface area contributed by atoms with Gasteiger partial charge >= 0.3 is 0 Å². The van der Waals surface area contributed by atoms with Crippen molar-refractivity contribution in [1.29, 1.82) is 0 Å². The largest absolute Gasteiger partial charge is 0.310 e. The molecule has 11 rings (SSSR count). The van der Waals surface area contributed by atoms with E-state index >= 15 is 0 Å². The lowest BCUT2D eigenvalue weighted by molar-refractivity contribution is 1.12. The minimum atomic E-state index is 1.06. The van der Waals surface area contributed by atoms with Crippen LogP contribution in [-0.2, 0) is 0 Å². The fourth-order valence-electron chi connectivity index (χ4n) is 8.75. The second-order valence-corrected chi connectivity index (χ2v) is 14.6. The van der Waals surface area contributed by atoms with Gasteiger partial charge in [-0.15, -0.1) is 0 Å². The third kappa shape index (κ3) is 5.62. The molecular weight excluding hydrogens is 705 g/mol. The zero-order chi connectivity index (χ0) is 38.4. The summed E-state index contributed by atoms with van der Waals surface area (Å²) in [7, 11) is 0. The van der Waals surface area contributed by atoms with E-state index < -0.39 is 0 Å². The smallest absolute Gasteiger partial charge is 0.0542 e. The van der Waals surface area contributed by atoms with Crippen molar-refractivity contribution in [2.24, 2.45) is 0 Å². The molecular formula is C54H38N4. The molecule has 11 aromatic rings. The van der Waals surface area contributed by atoms with E-state index in [0.717, 1.165) is 56.5 Å². The van der Waals surface area contributed by atoms with Crippen molar-refractivity contribution in [3.63, 3.8) is 0 Å². The first kappa shape index (κ1) is 33.5. The quantitative estimate of drug-likeness (QED) is 0.154. The highest BCUT2D eigenvalue weighted by atomic mass is 15.2. The molecule has 2 aromatic heterocycles. The number of rotatable bonds is 8. The van der Waals surface area contributed by atoms with E-state index in [9.17, 15) is 0 Å². The number of para-hydroxylation sites is 7. The Kier molecular flexibility index (Phi) is 8.11. The van der Waals surface area contributed by atoms with E-state index in [2.05, 4.69) is 249 Å². The molecule has 0 radical (unpaired) electrons. The van der Waals surface area contributed by atoms with Crippen LogP contribution in [0.2, 0.25) is 0 Å². The van der Waals surface area contributed by atoms with E-state index in [1.807, 2.05) is 0 Å². The molecule has 0 saturated heterocycles. The van der Waals surface area contributed by atoms with Crippen molar-refractivity contribution in [3.8, 4) is 11.4 Å². The predicted molar refractivity (Wildman–Crippen MR) is 244 cm³/mol. The van der Waals surface area contributed by atoms with Crippen LogP contribution in [-0.4, -0.2) is 9.13 Å². The average molecular weight is 743 g/mol. The second kappa shape index (κ2) is 14.0. The highest BCUT2D eigenvalue weighted by molar-refractivity contribution is 6.11. The van der Waals surface area contributed by atoms with Gasteiger partial charge in [-0.25, -0.2) is 0 Å². The summed E-state index contributed by atoms with van der Waals surface area (Å²) in [6.07, 6.45) is 0. The number of nitrogens with zero attached hydrogens (tertiary/aromatic N) is 4. The Bertz CT molecular complexity index is 3090. The molecule has 0 spiro atoms. The molecule has 0 atom stereocenters. The van der Waals surface area contributed by atoms with Gasteiger partial charge in [-0.2, -0.15) is 0 Å². The predicted octanol–water partition coefficient (Wildman–Crippen LogP) is 14.8.